The Bertz CT molecular complexity index is 830. The molecular weight excluding hydrogens is 368 g/mol. The fourth-order valence-electron chi connectivity index (χ4n) is 4.38. The maximum Gasteiger partial charge on any atom is 0.223 e. The maximum absolute atomic E-state index is 13.2. The summed E-state index contributed by atoms with van der Waals surface area (Å²) in [5.41, 5.74) is 1.50. The predicted octanol–water partition coefficient (Wildman–Crippen LogP) is 3.83. The number of pyridine rings is 1. The lowest BCUT2D eigenvalue weighted by molar-refractivity contribution is -0.134. The average molecular weight is 399 g/mol. The number of phenolic OH excluding ortho intramolecular Hbond substituents is 1. The van der Waals surface area contributed by atoms with E-state index in [1.807, 2.05) is 17.0 Å². The van der Waals surface area contributed by atoms with Gasteiger partial charge in [-0.1, -0.05) is 13.8 Å². The van der Waals surface area contributed by atoms with Crippen molar-refractivity contribution in [1.82, 2.24) is 9.88 Å². The molecule has 2 heterocycles. The minimum atomic E-state index is -0.348. The number of amides is 1. The second-order valence-electron chi connectivity index (χ2n) is 8.04. The first-order valence-corrected chi connectivity index (χ1v) is 10.1. The van der Waals surface area contributed by atoms with E-state index in [9.17, 15) is 9.90 Å². The van der Waals surface area contributed by atoms with Gasteiger partial charge in [0.05, 0.1) is 14.2 Å². The van der Waals surface area contributed by atoms with Crippen molar-refractivity contribution in [3.63, 3.8) is 0 Å². The zero-order chi connectivity index (χ0) is 21.0. The number of carbonyl (C=O) groups is 1. The van der Waals surface area contributed by atoms with Gasteiger partial charge < -0.3 is 19.5 Å². The van der Waals surface area contributed by atoms with Gasteiger partial charge in [-0.05, 0) is 36.0 Å². The molecule has 1 aromatic carbocycles. The third kappa shape index (κ3) is 4.81. The minimum Gasteiger partial charge on any atom is -0.507 e. The van der Waals surface area contributed by atoms with E-state index in [1.54, 1.807) is 31.6 Å². The number of likely N-dealkylation sites (tertiary alicyclic amines) is 1. The number of aromatic nitrogens is 1. The van der Waals surface area contributed by atoms with Crippen molar-refractivity contribution in [3.05, 3.63) is 47.8 Å². The summed E-state index contributed by atoms with van der Waals surface area (Å²) in [5, 5.41) is 10.8. The fourth-order valence-corrected chi connectivity index (χ4v) is 4.38. The number of piperidine rings is 1. The molecular formula is C23H30N2O4. The number of methoxy groups -OCH3 is 2. The summed E-state index contributed by atoms with van der Waals surface area (Å²) in [4.78, 5) is 19.3. The minimum absolute atomic E-state index is 0.0520. The van der Waals surface area contributed by atoms with Gasteiger partial charge in [0.25, 0.3) is 0 Å². The number of aromatic hydroxyl groups is 1. The monoisotopic (exact) mass is 398 g/mol. The summed E-state index contributed by atoms with van der Waals surface area (Å²) in [6.07, 6.45) is 4.79. The number of nitrogens with zero attached hydrogens (tertiary/aromatic N) is 2. The first-order valence-electron chi connectivity index (χ1n) is 10.1. The van der Waals surface area contributed by atoms with Crippen molar-refractivity contribution in [2.75, 3.05) is 27.3 Å². The molecule has 2 aromatic rings. The van der Waals surface area contributed by atoms with Crippen LogP contribution in [0, 0.1) is 11.8 Å². The number of hydrogen-bond acceptors (Lipinski definition) is 5. The highest BCUT2D eigenvalue weighted by atomic mass is 16.5. The molecule has 0 aliphatic carbocycles. The van der Waals surface area contributed by atoms with Gasteiger partial charge >= 0.3 is 0 Å². The van der Waals surface area contributed by atoms with Gasteiger partial charge in [-0.3, -0.25) is 9.78 Å². The molecule has 1 amide bonds. The smallest absolute Gasteiger partial charge is 0.223 e. The highest BCUT2D eigenvalue weighted by molar-refractivity contribution is 5.78. The van der Waals surface area contributed by atoms with Crippen LogP contribution in [0.15, 0.2) is 36.7 Å². The van der Waals surface area contributed by atoms with Gasteiger partial charge in [-0.2, -0.15) is 0 Å². The Hall–Kier alpha value is -2.76. The Morgan fingerprint density at radius 3 is 2.41 bits per heavy atom. The number of benzene rings is 1. The Labute approximate surface area is 172 Å². The Kier molecular flexibility index (Phi) is 6.62. The molecule has 0 saturated carbocycles. The summed E-state index contributed by atoms with van der Waals surface area (Å²) in [7, 11) is 3.09. The summed E-state index contributed by atoms with van der Waals surface area (Å²) in [6, 6.07) is 7.05. The molecule has 0 spiro atoms. The SMILES string of the molecule is COc1cc(O)c(C(CC(=O)N2CC(C)CC(C)C2)c2ccncc2)c(OC)c1. The number of hydrogen-bond donors (Lipinski definition) is 1. The molecule has 3 rings (SSSR count). The first-order chi connectivity index (χ1) is 13.9. The van der Waals surface area contributed by atoms with Crippen molar-refractivity contribution in [3.8, 4) is 17.2 Å². The van der Waals surface area contributed by atoms with Crippen LogP contribution in [0.1, 0.15) is 43.7 Å². The molecule has 3 atom stereocenters. The second-order valence-corrected chi connectivity index (χ2v) is 8.04. The van der Waals surface area contributed by atoms with E-state index in [1.165, 1.54) is 7.11 Å². The predicted molar refractivity (Wildman–Crippen MR) is 111 cm³/mol. The van der Waals surface area contributed by atoms with Crippen LogP contribution in [-0.4, -0.2) is 48.2 Å². The van der Waals surface area contributed by atoms with Gasteiger partial charge in [-0.25, -0.2) is 0 Å². The molecule has 3 unspecified atom stereocenters. The van der Waals surface area contributed by atoms with Gasteiger partial charge in [-0.15, -0.1) is 0 Å². The van der Waals surface area contributed by atoms with Crippen LogP contribution in [-0.2, 0) is 4.79 Å². The van der Waals surface area contributed by atoms with Crippen molar-refractivity contribution >= 4 is 5.91 Å². The quantitative estimate of drug-likeness (QED) is 0.801. The first kappa shape index (κ1) is 21.0. The third-order valence-corrected chi connectivity index (χ3v) is 5.61. The number of carbonyl (C=O) groups excluding carboxylic acids is 1. The van der Waals surface area contributed by atoms with E-state index in [0.717, 1.165) is 25.1 Å². The number of ether oxygens (including phenoxy) is 2. The van der Waals surface area contributed by atoms with Crippen molar-refractivity contribution < 1.29 is 19.4 Å². The Balaban J connectivity index is 1.98. The third-order valence-electron chi connectivity index (χ3n) is 5.61. The molecule has 156 valence electrons. The lowest BCUT2D eigenvalue weighted by Crippen LogP contribution is -2.43. The Morgan fingerprint density at radius 2 is 1.83 bits per heavy atom. The fraction of sp³-hybridized carbons (Fsp3) is 0.478. The van der Waals surface area contributed by atoms with Crippen LogP contribution < -0.4 is 9.47 Å². The van der Waals surface area contributed by atoms with Crippen LogP contribution in [0.2, 0.25) is 0 Å². The summed E-state index contributed by atoms with van der Waals surface area (Å²) < 4.78 is 10.8. The van der Waals surface area contributed by atoms with E-state index in [0.29, 0.717) is 28.9 Å². The average Bonchev–Trinajstić information content (AvgIpc) is 2.71. The van der Waals surface area contributed by atoms with Gasteiger partial charge in [0.15, 0.2) is 0 Å². The van der Waals surface area contributed by atoms with Crippen molar-refractivity contribution in [2.45, 2.75) is 32.6 Å². The number of phenols is 1. The molecule has 1 aliphatic rings. The molecule has 0 bridgehead atoms. The van der Waals surface area contributed by atoms with Crippen LogP contribution in [0.5, 0.6) is 17.2 Å². The van der Waals surface area contributed by atoms with E-state index in [2.05, 4.69) is 18.8 Å². The van der Waals surface area contributed by atoms with Crippen LogP contribution >= 0.6 is 0 Å². The lowest BCUT2D eigenvalue weighted by Gasteiger charge is -2.36. The van der Waals surface area contributed by atoms with E-state index in [4.69, 9.17) is 9.47 Å². The Morgan fingerprint density at radius 1 is 1.17 bits per heavy atom. The van der Waals surface area contributed by atoms with Crippen LogP contribution in [0.4, 0.5) is 0 Å². The number of rotatable bonds is 6. The molecule has 0 radical (unpaired) electrons. The van der Waals surface area contributed by atoms with Gasteiger partial charge in [0.2, 0.25) is 5.91 Å². The highest BCUT2D eigenvalue weighted by Gasteiger charge is 2.30. The van der Waals surface area contributed by atoms with E-state index >= 15 is 0 Å². The van der Waals surface area contributed by atoms with Crippen LogP contribution in [0.25, 0.3) is 0 Å². The summed E-state index contributed by atoms with van der Waals surface area (Å²) in [5.74, 6) is 1.77. The molecule has 1 fully saturated rings. The second kappa shape index (κ2) is 9.16. The van der Waals surface area contributed by atoms with Crippen LogP contribution in [0.3, 0.4) is 0 Å². The molecule has 6 heteroatoms. The zero-order valence-electron chi connectivity index (χ0n) is 17.6. The summed E-state index contributed by atoms with van der Waals surface area (Å²) >= 11 is 0. The standard InChI is InChI=1S/C23H30N2O4/c1-15-9-16(2)14-25(13-15)22(27)12-19(17-5-7-24-8-6-17)23-20(26)10-18(28-3)11-21(23)29-4/h5-8,10-11,15-16,19,26H,9,12-14H2,1-4H3. The van der Waals surface area contributed by atoms with Crippen molar-refractivity contribution in [1.29, 1.82) is 0 Å². The molecule has 1 aromatic heterocycles. The van der Waals surface area contributed by atoms with Gasteiger partial charge in [0, 0.05) is 55.5 Å². The van der Waals surface area contributed by atoms with Crippen molar-refractivity contribution in [2.24, 2.45) is 11.8 Å². The van der Waals surface area contributed by atoms with Gasteiger partial charge in [0.1, 0.15) is 17.2 Å². The zero-order valence-corrected chi connectivity index (χ0v) is 17.6. The molecule has 6 nitrogen and oxygen atoms in total. The molecule has 1 N–H and O–H groups in total. The normalized spacial score (nSPS) is 20.2. The van der Waals surface area contributed by atoms with E-state index < -0.39 is 0 Å². The topological polar surface area (TPSA) is 71.9 Å². The molecule has 29 heavy (non-hydrogen) atoms. The highest BCUT2D eigenvalue weighted by Crippen LogP contribution is 2.43. The lowest BCUT2D eigenvalue weighted by atomic mass is 9.86. The molecule has 1 saturated heterocycles. The summed E-state index contributed by atoms with van der Waals surface area (Å²) in [6.45, 7) is 5.93. The largest absolute Gasteiger partial charge is 0.507 e. The molecule has 1 aliphatic heterocycles. The maximum atomic E-state index is 13.2. The van der Waals surface area contributed by atoms with E-state index in [-0.39, 0.29) is 24.0 Å².